The zero-order valence-corrected chi connectivity index (χ0v) is 7.52. The van der Waals surface area contributed by atoms with E-state index in [4.69, 9.17) is 0 Å². The van der Waals surface area contributed by atoms with Gasteiger partial charge in [0.05, 0.1) is 0 Å². The molecule has 6 nitrogen and oxygen atoms in total. The number of amides is 3. The third kappa shape index (κ3) is 1.69. The Hall–Kier alpha value is -2.24. The zero-order valence-electron chi connectivity index (χ0n) is 7.52. The average molecular weight is 208 g/mol. The van der Waals surface area contributed by atoms with Gasteiger partial charge in [0.1, 0.15) is 17.5 Å². The van der Waals surface area contributed by atoms with Gasteiger partial charge in [-0.1, -0.05) is 0 Å². The van der Waals surface area contributed by atoms with Crippen LogP contribution in [0.15, 0.2) is 18.2 Å². The normalized spacial score (nSPS) is 19.9. The second kappa shape index (κ2) is 3.16. The van der Waals surface area contributed by atoms with Gasteiger partial charge in [-0.05, 0) is 17.7 Å². The van der Waals surface area contributed by atoms with Crippen LogP contribution in [0.4, 0.5) is 4.79 Å². The summed E-state index contributed by atoms with van der Waals surface area (Å²) in [7, 11) is 0. The number of phenols is 2. The van der Waals surface area contributed by atoms with E-state index in [0.717, 1.165) is 6.07 Å². The highest BCUT2D eigenvalue weighted by Gasteiger charge is 2.31. The maximum absolute atomic E-state index is 11.3. The summed E-state index contributed by atoms with van der Waals surface area (Å²) in [6.45, 7) is 0. The number of rotatable bonds is 1. The molecule has 1 aromatic rings. The molecule has 1 fully saturated rings. The maximum atomic E-state index is 11.3. The van der Waals surface area contributed by atoms with Crippen molar-refractivity contribution >= 4 is 11.9 Å². The number of imide groups is 1. The van der Waals surface area contributed by atoms with Gasteiger partial charge in [-0.2, -0.15) is 0 Å². The first-order valence-corrected chi connectivity index (χ1v) is 4.20. The number of carbonyl (C=O) groups is 2. The molecule has 6 heteroatoms. The van der Waals surface area contributed by atoms with E-state index in [1.165, 1.54) is 12.1 Å². The Kier molecular flexibility index (Phi) is 1.96. The predicted octanol–water partition coefficient (Wildman–Crippen LogP) is -0.0217. The Bertz CT molecular complexity index is 423. The molecule has 0 bridgehead atoms. The fourth-order valence-corrected chi connectivity index (χ4v) is 1.44. The van der Waals surface area contributed by atoms with Crippen LogP contribution in [0.2, 0.25) is 0 Å². The largest absolute Gasteiger partial charge is 0.508 e. The van der Waals surface area contributed by atoms with Crippen LogP contribution in [0.25, 0.3) is 0 Å². The van der Waals surface area contributed by atoms with Gasteiger partial charge in [0, 0.05) is 6.07 Å². The summed E-state index contributed by atoms with van der Waals surface area (Å²) in [5.74, 6) is -0.845. The van der Waals surface area contributed by atoms with Gasteiger partial charge in [-0.15, -0.1) is 0 Å². The van der Waals surface area contributed by atoms with Crippen molar-refractivity contribution in [2.75, 3.05) is 0 Å². The van der Waals surface area contributed by atoms with Gasteiger partial charge in [0.2, 0.25) is 0 Å². The van der Waals surface area contributed by atoms with Crippen molar-refractivity contribution in [3.8, 4) is 11.5 Å². The average Bonchev–Trinajstić information content (AvgIpc) is 2.43. The monoisotopic (exact) mass is 208 g/mol. The minimum Gasteiger partial charge on any atom is -0.508 e. The van der Waals surface area contributed by atoms with E-state index < -0.39 is 18.0 Å². The van der Waals surface area contributed by atoms with Crippen LogP contribution in [0, 0.1) is 0 Å². The molecule has 1 heterocycles. The number of hydrogen-bond acceptors (Lipinski definition) is 4. The molecule has 78 valence electrons. The molecule has 1 unspecified atom stereocenters. The highest BCUT2D eigenvalue weighted by atomic mass is 16.3. The first kappa shape index (κ1) is 9.32. The number of phenolic OH excluding ortho intramolecular Hbond substituents is 2. The summed E-state index contributed by atoms with van der Waals surface area (Å²) in [5, 5.41) is 22.8. The number of urea groups is 1. The van der Waals surface area contributed by atoms with Gasteiger partial charge in [-0.25, -0.2) is 4.79 Å². The quantitative estimate of drug-likeness (QED) is 0.487. The Morgan fingerprint density at radius 2 is 1.67 bits per heavy atom. The third-order valence-corrected chi connectivity index (χ3v) is 2.03. The van der Waals surface area contributed by atoms with Crippen LogP contribution in [0.1, 0.15) is 11.6 Å². The number of hydrogen-bond donors (Lipinski definition) is 4. The van der Waals surface area contributed by atoms with Gasteiger partial charge in [0.15, 0.2) is 0 Å². The summed E-state index contributed by atoms with van der Waals surface area (Å²) >= 11 is 0. The van der Waals surface area contributed by atoms with Crippen molar-refractivity contribution in [1.82, 2.24) is 10.6 Å². The molecule has 0 saturated carbocycles. The Morgan fingerprint density at radius 1 is 1.07 bits per heavy atom. The lowest BCUT2D eigenvalue weighted by atomic mass is 10.1. The van der Waals surface area contributed by atoms with Crippen LogP contribution >= 0.6 is 0 Å². The molecule has 15 heavy (non-hydrogen) atoms. The van der Waals surface area contributed by atoms with Crippen LogP contribution in [0.3, 0.4) is 0 Å². The van der Waals surface area contributed by atoms with Gasteiger partial charge in [0.25, 0.3) is 5.91 Å². The van der Waals surface area contributed by atoms with Crippen LogP contribution < -0.4 is 10.6 Å². The molecule has 0 radical (unpaired) electrons. The van der Waals surface area contributed by atoms with E-state index in [9.17, 15) is 19.8 Å². The fourth-order valence-electron chi connectivity index (χ4n) is 1.44. The van der Waals surface area contributed by atoms with Crippen molar-refractivity contribution in [2.24, 2.45) is 0 Å². The van der Waals surface area contributed by atoms with Crippen molar-refractivity contribution in [3.63, 3.8) is 0 Å². The number of aromatic hydroxyl groups is 2. The van der Waals surface area contributed by atoms with Gasteiger partial charge >= 0.3 is 6.03 Å². The second-order valence-electron chi connectivity index (χ2n) is 3.18. The zero-order chi connectivity index (χ0) is 11.0. The lowest BCUT2D eigenvalue weighted by molar-refractivity contribution is -0.120. The summed E-state index contributed by atoms with van der Waals surface area (Å²) in [6, 6.07) is 2.28. The fraction of sp³-hybridized carbons (Fsp3) is 0.111. The first-order chi connectivity index (χ1) is 7.06. The molecule has 4 N–H and O–H groups in total. The van der Waals surface area contributed by atoms with Crippen LogP contribution in [-0.4, -0.2) is 22.2 Å². The van der Waals surface area contributed by atoms with E-state index in [0.29, 0.717) is 5.56 Å². The highest BCUT2D eigenvalue weighted by molar-refractivity contribution is 6.04. The number of benzene rings is 1. The highest BCUT2D eigenvalue weighted by Crippen LogP contribution is 2.26. The molecule has 0 aromatic heterocycles. The summed E-state index contributed by atoms with van der Waals surface area (Å²) < 4.78 is 0. The minimum absolute atomic E-state index is 0.168. The number of nitrogens with one attached hydrogen (secondary N) is 2. The molecule has 1 saturated heterocycles. The van der Waals surface area contributed by atoms with Gasteiger partial charge < -0.3 is 15.5 Å². The van der Waals surface area contributed by atoms with E-state index in [-0.39, 0.29) is 11.5 Å². The summed E-state index contributed by atoms with van der Waals surface area (Å²) in [4.78, 5) is 22.1. The maximum Gasteiger partial charge on any atom is 0.322 e. The van der Waals surface area contributed by atoms with E-state index in [1.807, 2.05) is 0 Å². The van der Waals surface area contributed by atoms with Crippen LogP contribution in [-0.2, 0) is 4.79 Å². The Labute approximate surface area is 84.5 Å². The molecule has 1 aliphatic rings. The van der Waals surface area contributed by atoms with E-state index in [2.05, 4.69) is 10.6 Å². The molecular weight excluding hydrogens is 200 g/mol. The van der Waals surface area contributed by atoms with Crippen molar-refractivity contribution in [2.45, 2.75) is 6.04 Å². The van der Waals surface area contributed by atoms with Crippen molar-refractivity contribution in [3.05, 3.63) is 23.8 Å². The second-order valence-corrected chi connectivity index (χ2v) is 3.18. The molecular formula is C9H8N2O4. The van der Waals surface area contributed by atoms with Crippen molar-refractivity contribution < 1.29 is 19.8 Å². The van der Waals surface area contributed by atoms with E-state index in [1.54, 1.807) is 0 Å². The molecule has 3 amide bonds. The molecule has 0 spiro atoms. The smallest absolute Gasteiger partial charge is 0.322 e. The SMILES string of the molecule is O=C1NC(=O)C(c2cc(O)cc(O)c2)N1. The summed E-state index contributed by atoms with van der Waals surface area (Å²) in [5.41, 5.74) is 0.329. The Balaban J connectivity index is 2.37. The van der Waals surface area contributed by atoms with E-state index >= 15 is 0 Å². The standard InChI is InChI=1S/C9H8N2O4/c12-5-1-4(2-6(13)3-5)7-8(14)11-9(15)10-7/h1-3,7,12-13H,(H2,10,11,14,15). The molecule has 0 aliphatic carbocycles. The number of carbonyl (C=O) groups excluding carboxylic acids is 2. The minimum atomic E-state index is -0.865. The topological polar surface area (TPSA) is 98.7 Å². The molecule has 1 atom stereocenters. The van der Waals surface area contributed by atoms with Gasteiger partial charge in [-0.3, -0.25) is 10.1 Å². The molecule has 1 aromatic carbocycles. The lowest BCUT2D eigenvalue weighted by Crippen LogP contribution is -2.22. The molecule has 2 rings (SSSR count). The molecule has 1 aliphatic heterocycles. The third-order valence-electron chi connectivity index (χ3n) is 2.03. The Morgan fingerprint density at radius 3 is 2.13 bits per heavy atom. The summed E-state index contributed by atoms with van der Waals surface area (Å²) in [6.07, 6.45) is 0. The predicted molar refractivity (Wildman–Crippen MR) is 49.2 cm³/mol. The first-order valence-electron chi connectivity index (χ1n) is 4.20. The van der Waals surface area contributed by atoms with Crippen molar-refractivity contribution in [1.29, 1.82) is 0 Å². The van der Waals surface area contributed by atoms with Crippen LogP contribution in [0.5, 0.6) is 11.5 Å². The lowest BCUT2D eigenvalue weighted by Gasteiger charge is -2.08.